The molecule has 1 aromatic carbocycles. The van der Waals surface area contributed by atoms with Gasteiger partial charge in [-0.15, -0.1) is 0 Å². The number of hydrogen-bond donors (Lipinski definition) is 5. The molecule has 0 fully saturated rings. The van der Waals surface area contributed by atoms with E-state index in [-0.39, 0.29) is 43.0 Å². The number of rotatable bonds is 16. The molecular weight excluding hydrogens is 516 g/mol. The van der Waals surface area contributed by atoms with Crippen molar-refractivity contribution in [2.24, 2.45) is 11.7 Å². The van der Waals surface area contributed by atoms with E-state index in [9.17, 15) is 28.8 Å². The van der Waals surface area contributed by atoms with Gasteiger partial charge in [0.25, 0.3) is 11.8 Å². The molecule has 12 heteroatoms. The van der Waals surface area contributed by atoms with Gasteiger partial charge in [-0.05, 0) is 50.7 Å². The third-order valence-electron chi connectivity index (χ3n) is 6.37. The zero-order chi connectivity index (χ0) is 29.7. The quantitative estimate of drug-likeness (QED) is 0.152. The molecule has 0 aromatic heterocycles. The largest absolute Gasteiger partial charge is 0.352 e. The van der Waals surface area contributed by atoms with Gasteiger partial charge < -0.3 is 27.0 Å². The molecule has 0 spiro atoms. The summed E-state index contributed by atoms with van der Waals surface area (Å²) in [5.74, 6) is -2.13. The molecule has 0 aliphatic carbocycles. The second-order valence-corrected chi connectivity index (χ2v) is 10.1. The van der Waals surface area contributed by atoms with Gasteiger partial charge in [0, 0.05) is 37.3 Å². The average Bonchev–Trinajstić information content (AvgIpc) is 3.21. The fourth-order valence-electron chi connectivity index (χ4n) is 4.08. The summed E-state index contributed by atoms with van der Waals surface area (Å²) < 4.78 is 0. The van der Waals surface area contributed by atoms with Gasteiger partial charge in [-0.2, -0.15) is 0 Å². The number of carbonyl (C=O) groups is 6. The van der Waals surface area contributed by atoms with Crippen molar-refractivity contribution in [1.29, 1.82) is 0 Å². The van der Waals surface area contributed by atoms with Crippen molar-refractivity contribution in [3.05, 3.63) is 42.0 Å². The van der Waals surface area contributed by atoms with E-state index in [2.05, 4.69) is 21.3 Å². The average molecular weight is 557 g/mol. The predicted octanol–water partition coefficient (Wildman–Crippen LogP) is 1.49. The molecular formula is C28H40N6O6. The van der Waals surface area contributed by atoms with Gasteiger partial charge >= 0.3 is 6.03 Å². The second kappa shape index (κ2) is 16.0. The summed E-state index contributed by atoms with van der Waals surface area (Å²) in [5.41, 5.74) is 6.71. The van der Waals surface area contributed by atoms with Crippen molar-refractivity contribution in [3.63, 3.8) is 0 Å². The first-order chi connectivity index (χ1) is 19.0. The van der Waals surface area contributed by atoms with Crippen molar-refractivity contribution in [3.8, 4) is 0 Å². The van der Waals surface area contributed by atoms with E-state index in [1.807, 2.05) is 19.1 Å². The first kappa shape index (κ1) is 32.0. The number of urea groups is 1. The highest BCUT2D eigenvalue weighted by Crippen LogP contribution is 2.12. The number of imide groups is 1. The molecule has 0 saturated carbocycles. The molecule has 2 rings (SSSR count). The molecule has 2 atom stereocenters. The second-order valence-electron chi connectivity index (χ2n) is 10.1. The number of nitrogens with zero attached hydrogens (tertiary/aromatic N) is 1. The molecule has 40 heavy (non-hydrogen) atoms. The summed E-state index contributed by atoms with van der Waals surface area (Å²) >= 11 is 0. The van der Waals surface area contributed by atoms with Gasteiger partial charge in [0.05, 0.1) is 0 Å². The van der Waals surface area contributed by atoms with Gasteiger partial charge in [-0.25, -0.2) is 4.79 Å². The minimum Gasteiger partial charge on any atom is -0.352 e. The number of nitrogens with two attached hydrogens (primary N) is 1. The van der Waals surface area contributed by atoms with Gasteiger partial charge in [-0.1, -0.05) is 38.0 Å². The number of amides is 7. The fourth-order valence-corrected chi connectivity index (χ4v) is 4.08. The van der Waals surface area contributed by atoms with Crippen LogP contribution < -0.4 is 27.0 Å². The fraction of sp³-hybridized carbons (Fsp3) is 0.500. The Morgan fingerprint density at radius 2 is 1.52 bits per heavy atom. The molecule has 0 bridgehead atoms. The normalized spacial score (nSPS) is 14.2. The van der Waals surface area contributed by atoms with Crippen molar-refractivity contribution < 1.29 is 28.8 Å². The number of anilines is 1. The van der Waals surface area contributed by atoms with Crippen LogP contribution in [0.2, 0.25) is 0 Å². The van der Waals surface area contributed by atoms with E-state index in [0.29, 0.717) is 37.9 Å². The van der Waals surface area contributed by atoms with Crippen LogP contribution >= 0.6 is 0 Å². The molecule has 0 radical (unpaired) electrons. The number of nitrogens with one attached hydrogen (secondary N) is 4. The van der Waals surface area contributed by atoms with Crippen LogP contribution in [0.15, 0.2) is 36.4 Å². The van der Waals surface area contributed by atoms with Crippen LogP contribution in [0.25, 0.3) is 0 Å². The van der Waals surface area contributed by atoms with Crippen LogP contribution in [0.1, 0.15) is 57.9 Å². The molecule has 1 heterocycles. The lowest BCUT2D eigenvalue weighted by Crippen LogP contribution is -2.54. The molecule has 218 valence electrons. The number of primary amides is 1. The lowest BCUT2D eigenvalue weighted by molar-refractivity contribution is -0.137. The van der Waals surface area contributed by atoms with E-state index in [0.717, 1.165) is 10.5 Å². The summed E-state index contributed by atoms with van der Waals surface area (Å²) in [5, 5.41) is 10.8. The van der Waals surface area contributed by atoms with E-state index in [1.165, 1.54) is 12.2 Å². The van der Waals surface area contributed by atoms with Crippen molar-refractivity contribution in [2.75, 3.05) is 18.4 Å². The van der Waals surface area contributed by atoms with Crippen LogP contribution in [0.3, 0.4) is 0 Å². The predicted molar refractivity (Wildman–Crippen MR) is 150 cm³/mol. The van der Waals surface area contributed by atoms with E-state index in [1.54, 1.807) is 26.0 Å². The Morgan fingerprint density at radius 3 is 2.12 bits per heavy atom. The molecule has 1 aliphatic rings. The highest BCUT2D eigenvalue weighted by atomic mass is 16.2. The number of hydrogen-bond acceptors (Lipinski definition) is 6. The lowest BCUT2D eigenvalue weighted by Gasteiger charge is -2.25. The standard InChI is InChI=1S/C28H40N6O6/c1-18(2)25(33-22(35)9-5-4-6-17-34-23(36)14-15-24(34)37)27(39)32-21(8-7-16-30-28(29)40)26(38)31-20-12-10-19(3)11-13-20/h10-15,18,21,25H,4-9,16-17H2,1-3H3,(H,31,38)(H,32,39)(H,33,35)(H3,29,30,40). The third-order valence-corrected chi connectivity index (χ3v) is 6.37. The Labute approximate surface area is 234 Å². The van der Waals surface area contributed by atoms with Crippen LogP contribution in [0.5, 0.6) is 0 Å². The van der Waals surface area contributed by atoms with E-state index < -0.39 is 29.9 Å². The van der Waals surface area contributed by atoms with Crippen LogP contribution in [0, 0.1) is 12.8 Å². The Hall–Kier alpha value is -4.22. The van der Waals surface area contributed by atoms with Crippen LogP contribution in [-0.2, 0) is 24.0 Å². The van der Waals surface area contributed by atoms with Crippen LogP contribution in [0.4, 0.5) is 10.5 Å². The van der Waals surface area contributed by atoms with Gasteiger partial charge in [0.1, 0.15) is 12.1 Å². The molecule has 12 nitrogen and oxygen atoms in total. The van der Waals surface area contributed by atoms with Gasteiger partial charge in [0.15, 0.2) is 0 Å². The molecule has 1 aromatic rings. The molecule has 0 saturated heterocycles. The highest BCUT2D eigenvalue weighted by molar-refractivity contribution is 6.12. The summed E-state index contributed by atoms with van der Waals surface area (Å²) in [6.07, 6.45) is 5.00. The Balaban J connectivity index is 1.90. The van der Waals surface area contributed by atoms with Crippen molar-refractivity contribution in [2.45, 2.75) is 71.4 Å². The summed E-state index contributed by atoms with van der Waals surface area (Å²) in [6, 6.07) is 4.77. The topological polar surface area (TPSA) is 180 Å². The summed E-state index contributed by atoms with van der Waals surface area (Å²) in [4.78, 5) is 74.2. The maximum Gasteiger partial charge on any atom is 0.312 e. The Morgan fingerprint density at radius 1 is 0.875 bits per heavy atom. The first-order valence-corrected chi connectivity index (χ1v) is 13.5. The summed E-state index contributed by atoms with van der Waals surface area (Å²) in [7, 11) is 0. The Bertz CT molecular complexity index is 1080. The van der Waals surface area contributed by atoms with Crippen LogP contribution in [-0.4, -0.2) is 65.6 Å². The number of aryl methyl sites for hydroxylation is 1. The lowest BCUT2D eigenvalue weighted by atomic mass is 10.0. The zero-order valence-corrected chi connectivity index (χ0v) is 23.3. The maximum atomic E-state index is 13.2. The third kappa shape index (κ3) is 10.9. The van der Waals surface area contributed by atoms with Crippen molar-refractivity contribution >= 4 is 41.3 Å². The Kier molecular flexibility index (Phi) is 12.8. The maximum absolute atomic E-state index is 13.2. The smallest absolute Gasteiger partial charge is 0.312 e. The molecule has 2 unspecified atom stereocenters. The zero-order valence-electron chi connectivity index (χ0n) is 23.3. The van der Waals surface area contributed by atoms with Crippen molar-refractivity contribution in [1.82, 2.24) is 20.9 Å². The monoisotopic (exact) mass is 556 g/mol. The summed E-state index contributed by atoms with van der Waals surface area (Å²) in [6.45, 7) is 6.05. The molecule has 1 aliphatic heterocycles. The number of carbonyl (C=O) groups excluding carboxylic acids is 6. The van der Waals surface area contributed by atoms with Gasteiger partial charge in [0.2, 0.25) is 17.7 Å². The number of benzene rings is 1. The minimum atomic E-state index is -0.910. The number of unbranched alkanes of at least 4 members (excludes halogenated alkanes) is 2. The first-order valence-electron chi connectivity index (χ1n) is 13.5. The molecule has 6 N–H and O–H groups in total. The van der Waals surface area contributed by atoms with Gasteiger partial charge in [-0.3, -0.25) is 28.9 Å². The van der Waals surface area contributed by atoms with E-state index in [4.69, 9.17) is 5.73 Å². The SMILES string of the molecule is Cc1ccc(NC(=O)C(CCCNC(N)=O)NC(=O)C(NC(=O)CCCCCN2C(=O)C=CC2=O)C(C)C)cc1. The molecule has 7 amide bonds. The minimum absolute atomic E-state index is 0.173. The van der Waals surface area contributed by atoms with E-state index >= 15 is 0 Å². The highest BCUT2D eigenvalue weighted by Gasteiger charge is 2.29.